The Balaban J connectivity index is 1.72. The van der Waals surface area contributed by atoms with Gasteiger partial charge >= 0.3 is 0 Å². The van der Waals surface area contributed by atoms with Crippen LogP contribution in [0.3, 0.4) is 0 Å². The smallest absolute Gasteiger partial charge is 0.159 e. The molecule has 5 aromatic rings. The standard InChI is InChI=1S/C26H25Cl2N7O2/c1-4-35-26-22(18(34-35)12-14-6-8-20(37-3)16(28)10-14)23-21(24(29)32-33-25(23)30)17(31-26)11-13-5-7-19(36-2)15(27)9-13/h5-10H,4,11-12H2,1-3H3,(H2,29,32)(H2,30,33). The Morgan fingerprint density at radius 2 is 1.32 bits per heavy atom. The minimum absolute atomic E-state index is 0.246. The number of fused-ring (bicyclic) bond motifs is 3. The summed E-state index contributed by atoms with van der Waals surface area (Å²) >= 11 is 12.8. The van der Waals surface area contributed by atoms with Crippen molar-refractivity contribution >= 4 is 56.6 Å². The Bertz CT molecular complexity index is 1650. The lowest BCUT2D eigenvalue weighted by Gasteiger charge is -2.12. The lowest BCUT2D eigenvalue weighted by Crippen LogP contribution is -2.06. The summed E-state index contributed by atoms with van der Waals surface area (Å²) in [5.41, 5.74) is 16.9. The van der Waals surface area contributed by atoms with Crippen LogP contribution in [0.2, 0.25) is 10.0 Å². The lowest BCUT2D eigenvalue weighted by molar-refractivity contribution is 0.415. The van der Waals surface area contributed by atoms with Gasteiger partial charge in [-0.25, -0.2) is 9.67 Å². The van der Waals surface area contributed by atoms with Crippen molar-refractivity contribution in [3.8, 4) is 11.5 Å². The number of aromatic nitrogens is 5. The van der Waals surface area contributed by atoms with Crippen molar-refractivity contribution in [2.24, 2.45) is 0 Å². The molecule has 9 nitrogen and oxygen atoms in total. The van der Waals surface area contributed by atoms with E-state index in [1.165, 1.54) is 0 Å². The van der Waals surface area contributed by atoms with E-state index in [4.69, 9.17) is 54.2 Å². The molecule has 37 heavy (non-hydrogen) atoms. The Morgan fingerprint density at radius 1 is 0.784 bits per heavy atom. The number of methoxy groups -OCH3 is 2. The molecule has 0 aliphatic rings. The molecule has 0 bridgehead atoms. The number of benzene rings is 2. The van der Waals surface area contributed by atoms with Crippen molar-refractivity contribution in [3.63, 3.8) is 0 Å². The quantitative estimate of drug-likeness (QED) is 0.294. The minimum Gasteiger partial charge on any atom is -0.495 e. The van der Waals surface area contributed by atoms with Gasteiger partial charge < -0.3 is 20.9 Å². The third kappa shape index (κ3) is 4.45. The maximum atomic E-state index is 6.42. The molecule has 0 fully saturated rings. The van der Waals surface area contributed by atoms with Crippen LogP contribution >= 0.6 is 23.2 Å². The van der Waals surface area contributed by atoms with Crippen LogP contribution in [-0.4, -0.2) is 39.2 Å². The second-order valence-electron chi connectivity index (χ2n) is 8.53. The van der Waals surface area contributed by atoms with Gasteiger partial charge in [-0.2, -0.15) is 5.10 Å². The van der Waals surface area contributed by atoms with Gasteiger partial charge in [-0.3, -0.25) is 0 Å². The van der Waals surface area contributed by atoms with Gasteiger partial charge in [0, 0.05) is 24.8 Å². The molecular formula is C26H25Cl2N7O2. The molecule has 4 N–H and O–H groups in total. The largest absolute Gasteiger partial charge is 0.495 e. The first-order valence-electron chi connectivity index (χ1n) is 11.6. The first-order chi connectivity index (χ1) is 17.8. The third-order valence-electron chi connectivity index (χ3n) is 6.28. The van der Waals surface area contributed by atoms with Crippen molar-refractivity contribution in [3.05, 3.63) is 69.0 Å². The van der Waals surface area contributed by atoms with Gasteiger partial charge in [-0.05, 0) is 42.3 Å². The van der Waals surface area contributed by atoms with E-state index < -0.39 is 0 Å². The maximum Gasteiger partial charge on any atom is 0.159 e. The highest BCUT2D eigenvalue weighted by molar-refractivity contribution is 6.32. The van der Waals surface area contributed by atoms with Crippen molar-refractivity contribution < 1.29 is 9.47 Å². The number of hydrogen-bond donors (Lipinski definition) is 2. The Labute approximate surface area is 223 Å². The predicted molar refractivity (Wildman–Crippen MR) is 147 cm³/mol. The van der Waals surface area contributed by atoms with Gasteiger partial charge in [-0.15, -0.1) is 10.2 Å². The molecule has 3 aromatic heterocycles. The van der Waals surface area contributed by atoms with E-state index >= 15 is 0 Å². The Hall–Kier alpha value is -3.82. The second kappa shape index (κ2) is 9.91. The number of hydrogen-bond acceptors (Lipinski definition) is 8. The number of halogens is 2. The van der Waals surface area contributed by atoms with Crippen LogP contribution in [0.15, 0.2) is 36.4 Å². The van der Waals surface area contributed by atoms with Gasteiger partial charge in [0.1, 0.15) is 11.5 Å². The molecule has 0 saturated heterocycles. The monoisotopic (exact) mass is 537 g/mol. The zero-order valence-corrected chi connectivity index (χ0v) is 22.1. The predicted octanol–water partition coefficient (Wildman–Crippen LogP) is 5.06. The molecule has 2 aromatic carbocycles. The summed E-state index contributed by atoms with van der Waals surface area (Å²) in [7, 11) is 3.16. The molecule has 0 spiro atoms. The van der Waals surface area contributed by atoms with Crippen LogP contribution in [0.1, 0.15) is 29.4 Å². The van der Waals surface area contributed by atoms with E-state index in [0.29, 0.717) is 63.0 Å². The number of pyridine rings is 1. The van der Waals surface area contributed by atoms with Crippen LogP contribution in [0.4, 0.5) is 11.6 Å². The average Bonchev–Trinajstić information content (AvgIpc) is 3.23. The second-order valence-corrected chi connectivity index (χ2v) is 9.35. The summed E-state index contributed by atoms with van der Waals surface area (Å²) in [5.74, 6) is 1.71. The van der Waals surface area contributed by atoms with Crippen molar-refractivity contribution in [1.82, 2.24) is 25.0 Å². The number of rotatable bonds is 7. The third-order valence-corrected chi connectivity index (χ3v) is 6.87. The first-order valence-corrected chi connectivity index (χ1v) is 12.3. The summed E-state index contributed by atoms with van der Waals surface area (Å²) in [6.07, 6.45) is 0.947. The zero-order chi connectivity index (χ0) is 26.3. The maximum absolute atomic E-state index is 6.42. The molecule has 0 saturated carbocycles. The Kier molecular flexibility index (Phi) is 6.66. The van der Waals surface area contributed by atoms with E-state index in [9.17, 15) is 0 Å². The van der Waals surface area contributed by atoms with Crippen LogP contribution in [0.5, 0.6) is 11.5 Å². The molecule has 0 atom stereocenters. The molecule has 190 valence electrons. The van der Waals surface area contributed by atoms with Crippen molar-refractivity contribution in [1.29, 1.82) is 0 Å². The topological polar surface area (TPSA) is 127 Å². The molecule has 3 heterocycles. The van der Waals surface area contributed by atoms with Gasteiger partial charge in [0.05, 0.1) is 46.4 Å². The van der Waals surface area contributed by atoms with Crippen LogP contribution < -0.4 is 20.9 Å². The highest BCUT2D eigenvalue weighted by Gasteiger charge is 2.23. The molecule has 0 radical (unpaired) electrons. The molecule has 11 heteroatoms. The fourth-order valence-electron chi connectivity index (χ4n) is 4.56. The van der Waals surface area contributed by atoms with Gasteiger partial charge in [0.15, 0.2) is 17.3 Å². The molecule has 0 unspecified atom stereocenters. The molecule has 5 rings (SSSR count). The summed E-state index contributed by atoms with van der Waals surface area (Å²) in [6.45, 7) is 2.62. The molecule has 0 amide bonds. The minimum atomic E-state index is 0.246. The number of ether oxygens (including phenoxy) is 2. The number of aryl methyl sites for hydroxylation is 1. The molecule has 0 aliphatic heterocycles. The van der Waals surface area contributed by atoms with Gasteiger partial charge in [0.25, 0.3) is 0 Å². The summed E-state index contributed by atoms with van der Waals surface area (Å²) in [6, 6.07) is 11.3. The fraction of sp³-hybridized carbons (Fsp3) is 0.231. The van der Waals surface area contributed by atoms with E-state index in [-0.39, 0.29) is 11.6 Å². The average molecular weight is 538 g/mol. The number of nitrogens with two attached hydrogens (primary N) is 2. The highest BCUT2D eigenvalue weighted by atomic mass is 35.5. The van der Waals surface area contributed by atoms with Gasteiger partial charge in [-0.1, -0.05) is 35.3 Å². The van der Waals surface area contributed by atoms with E-state index in [0.717, 1.165) is 22.2 Å². The summed E-state index contributed by atoms with van der Waals surface area (Å²) in [5, 5.41) is 16.3. The van der Waals surface area contributed by atoms with E-state index in [2.05, 4.69) is 10.2 Å². The number of anilines is 2. The van der Waals surface area contributed by atoms with Crippen LogP contribution in [-0.2, 0) is 19.4 Å². The fourth-order valence-corrected chi connectivity index (χ4v) is 5.12. The van der Waals surface area contributed by atoms with Crippen molar-refractivity contribution in [2.75, 3.05) is 25.7 Å². The SMILES string of the molecule is CCn1nc(Cc2ccc(OC)c(Cl)c2)c2c3c(N)nnc(N)c3c(Cc3ccc(OC)c(Cl)c3)nc21. The highest BCUT2D eigenvalue weighted by Crippen LogP contribution is 2.37. The normalized spacial score (nSPS) is 11.4. The number of nitrogen functional groups attached to an aromatic ring is 2. The molecule has 0 aliphatic carbocycles. The summed E-state index contributed by atoms with van der Waals surface area (Å²) < 4.78 is 12.4. The zero-order valence-electron chi connectivity index (χ0n) is 20.5. The van der Waals surface area contributed by atoms with Crippen LogP contribution in [0.25, 0.3) is 21.8 Å². The lowest BCUT2D eigenvalue weighted by atomic mass is 10.00. The number of nitrogens with zero attached hydrogens (tertiary/aromatic N) is 5. The van der Waals surface area contributed by atoms with Crippen LogP contribution in [0, 0.1) is 0 Å². The van der Waals surface area contributed by atoms with E-state index in [1.807, 2.05) is 48.0 Å². The molecular weight excluding hydrogens is 513 g/mol. The van der Waals surface area contributed by atoms with Crippen molar-refractivity contribution in [2.45, 2.75) is 26.3 Å². The first kappa shape index (κ1) is 24.9. The Morgan fingerprint density at radius 3 is 1.84 bits per heavy atom. The van der Waals surface area contributed by atoms with E-state index in [1.54, 1.807) is 14.2 Å². The summed E-state index contributed by atoms with van der Waals surface area (Å²) in [4.78, 5) is 5.03. The van der Waals surface area contributed by atoms with Gasteiger partial charge in [0.2, 0.25) is 0 Å².